The van der Waals surface area contributed by atoms with Crippen molar-refractivity contribution in [3.8, 4) is 5.75 Å². The van der Waals surface area contributed by atoms with Crippen molar-refractivity contribution < 1.29 is 4.74 Å². The molecule has 0 saturated carbocycles. The van der Waals surface area contributed by atoms with Gasteiger partial charge in [-0.2, -0.15) is 0 Å². The molecule has 2 aromatic rings. The van der Waals surface area contributed by atoms with Crippen LogP contribution in [0, 0.1) is 6.92 Å². The monoisotopic (exact) mass is 253 g/mol. The number of aryl methyl sites for hydroxylation is 1. The molecule has 2 aromatic carbocycles. The van der Waals surface area contributed by atoms with Gasteiger partial charge in [-0.05, 0) is 36.1 Å². The molecule has 0 amide bonds. The van der Waals surface area contributed by atoms with Crippen LogP contribution in [0.1, 0.15) is 22.6 Å². The highest BCUT2D eigenvalue weighted by Gasteiger charge is 2.23. The molecule has 3 rings (SSSR count). The molecular formula is C17H19NO. The van der Waals surface area contributed by atoms with E-state index >= 15 is 0 Å². The molecule has 19 heavy (non-hydrogen) atoms. The quantitative estimate of drug-likeness (QED) is 0.880. The molecular weight excluding hydrogens is 234 g/mol. The van der Waals surface area contributed by atoms with E-state index in [9.17, 15) is 0 Å². The molecule has 0 fully saturated rings. The van der Waals surface area contributed by atoms with Gasteiger partial charge in [-0.25, -0.2) is 0 Å². The van der Waals surface area contributed by atoms with Crippen molar-refractivity contribution in [2.45, 2.75) is 19.3 Å². The standard InChI is InChI=1S/C17H19NO/c1-12-8-9-16(19-2)17-15(12)10-14(11-18-17)13-6-4-3-5-7-13/h3-9,14,18H,10-11H2,1-2H3. The predicted octanol–water partition coefficient (Wildman–Crippen LogP) is 3.76. The number of nitrogens with one attached hydrogen (secondary N) is 1. The van der Waals surface area contributed by atoms with Crippen LogP contribution in [-0.2, 0) is 6.42 Å². The first kappa shape index (κ1) is 12.1. The predicted molar refractivity (Wildman–Crippen MR) is 79.1 cm³/mol. The zero-order chi connectivity index (χ0) is 13.2. The number of hydrogen-bond donors (Lipinski definition) is 1. The summed E-state index contributed by atoms with van der Waals surface area (Å²) in [5.41, 5.74) is 5.31. The summed E-state index contributed by atoms with van der Waals surface area (Å²) in [6.45, 7) is 3.14. The van der Waals surface area contributed by atoms with Gasteiger partial charge >= 0.3 is 0 Å². The maximum absolute atomic E-state index is 5.45. The van der Waals surface area contributed by atoms with Gasteiger partial charge in [0.25, 0.3) is 0 Å². The number of anilines is 1. The van der Waals surface area contributed by atoms with Gasteiger partial charge in [0.2, 0.25) is 0 Å². The van der Waals surface area contributed by atoms with Gasteiger partial charge in [0.05, 0.1) is 12.8 Å². The summed E-state index contributed by atoms with van der Waals surface area (Å²) in [7, 11) is 1.73. The zero-order valence-electron chi connectivity index (χ0n) is 11.4. The first-order valence-corrected chi connectivity index (χ1v) is 6.75. The third-order valence-electron chi connectivity index (χ3n) is 3.98. The van der Waals surface area contributed by atoms with Crippen LogP contribution in [0.2, 0.25) is 0 Å². The van der Waals surface area contributed by atoms with E-state index in [4.69, 9.17) is 4.74 Å². The fourth-order valence-electron chi connectivity index (χ4n) is 2.86. The Bertz CT molecular complexity index is 577. The number of rotatable bonds is 2. The molecule has 1 N–H and O–H groups in total. The highest BCUT2D eigenvalue weighted by atomic mass is 16.5. The first-order chi connectivity index (χ1) is 9.29. The summed E-state index contributed by atoms with van der Waals surface area (Å²) < 4.78 is 5.45. The fourth-order valence-corrected chi connectivity index (χ4v) is 2.86. The molecule has 0 bridgehead atoms. The molecule has 1 aliphatic heterocycles. The van der Waals surface area contributed by atoms with Crippen LogP contribution in [0.3, 0.4) is 0 Å². The van der Waals surface area contributed by atoms with E-state index in [1.165, 1.54) is 22.4 Å². The number of ether oxygens (including phenoxy) is 1. The average molecular weight is 253 g/mol. The van der Waals surface area contributed by atoms with Gasteiger partial charge in [-0.15, -0.1) is 0 Å². The highest BCUT2D eigenvalue weighted by Crippen LogP contribution is 2.38. The maximum Gasteiger partial charge on any atom is 0.142 e. The normalized spacial score (nSPS) is 17.5. The summed E-state index contributed by atoms with van der Waals surface area (Å²) in [5.74, 6) is 1.49. The lowest BCUT2D eigenvalue weighted by Crippen LogP contribution is -2.22. The van der Waals surface area contributed by atoms with Crippen molar-refractivity contribution in [2.75, 3.05) is 19.0 Å². The molecule has 1 unspecified atom stereocenters. The molecule has 1 atom stereocenters. The second-order valence-electron chi connectivity index (χ2n) is 5.13. The largest absolute Gasteiger partial charge is 0.495 e. The smallest absolute Gasteiger partial charge is 0.142 e. The second-order valence-corrected chi connectivity index (χ2v) is 5.13. The SMILES string of the molecule is COc1ccc(C)c2c1NCC(c1ccccc1)C2. The molecule has 2 heteroatoms. The van der Waals surface area contributed by atoms with Gasteiger partial charge in [0.1, 0.15) is 5.75 Å². The molecule has 98 valence electrons. The average Bonchev–Trinajstić information content (AvgIpc) is 2.48. The Labute approximate surface area is 114 Å². The third-order valence-corrected chi connectivity index (χ3v) is 3.98. The van der Waals surface area contributed by atoms with Crippen LogP contribution in [0.5, 0.6) is 5.75 Å². The van der Waals surface area contributed by atoms with Crippen molar-refractivity contribution in [3.05, 3.63) is 59.2 Å². The van der Waals surface area contributed by atoms with E-state index < -0.39 is 0 Å². The Morgan fingerprint density at radius 1 is 1.11 bits per heavy atom. The molecule has 0 aliphatic carbocycles. The number of benzene rings is 2. The summed E-state index contributed by atoms with van der Waals surface area (Å²) in [6.07, 6.45) is 1.08. The minimum atomic E-state index is 0.541. The number of fused-ring (bicyclic) bond motifs is 1. The van der Waals surface area contributed by atoms with Crippen molar-refractivity contribution in [1.82, 2.24) is 0 Å². The lowest BCUT2D eigenvalue weighted by molar-refractivity contribution is 0.414. The van der Waals surface area contributed by atoms with Crippen LogP contribution in [0.25, 0.3) is 0 Å². The third kappa shape index (κ3) is 2.19. The second kappa shape index (κ2) is 4.96. The van der Waals surface area contributed by atoms with Crippen molar-refractivity contribution in [1.29, 1.82) is 0 Å². The van der Waals surface area contributed by atoms with Gasteiger partial charge < -0.3 is 10.1 Å². The van der Waals surface area contributed by atoms with E-state index in [2.05, 4.69) is 48.6 Å². The molecule has 0 spiro atoms. The Morgan fingerprint density at radius 2 is 1.89 bits per heavy atom. The van der Waals surface area contributed by atoms with Gasteiger partial charge in [-0.3, -0.25) is 0 Å². The van der Waals surface area contributed by atoms with E-state index in [1.54, 1.807) is 7.11 Å². The Balaban J connectivity index is 1.96. The fraction of sp³-hybridized carbons (Fsp3) is 0.294. The van der Waals surface area contributed by atoms with Crippen molar-refractivity contribution in [3.63, 3.8) is 0 Å². The minimum Gasteiger partial charge on any atom is -0.495 e. The number of methoxy groups -OCH3 is 1. The minimum absolute atomic E-state index is 0.541. The van der Waals surface area contributed by atoms with Crippen LogP contribution < -0.4 is 10.1 Å². The molecule has 1 aliphatic rings. The zero-order valence-corrected chi connectivity index (χ0v) is 11.4. The van der Waals surface area contributed by atoms with Crippen LogP contribution in [0.4, 0.5) is 5.69 Å². The Hall–Kier alpha value is -1.96. The molecule has 0 saturated heterocycles. The van der Waals surface area contributed by atoms with Gasteiger partial charge in [0, 0.05) is 12.5 Å². The molecule has 0 aromatic heterocycles. The van der Waals surface area contributed by atoms with E-state index in [-0.39, 0.29) is 0 Å². The lowest BCUT2D eigenvalue weighted by atomic mass is 9.86. The van der Waals surface area contributed by atoms with Crippen molar-refractivity contribution >= 4 is 5.69 Å². The van der Waals surface area contributed by atoms with Gasteiger partial charge in [0.15, 0.2) is 0 Å². The number of hydrogen-bond acceptors (Lipinski definition) is 2. The van der Waals surface area contributed by atoms with Crippen LogP contribution >= 0.6 is 0 Å². The van der Waals surface area contributed by atoms with Crippen LogP contribution in [0.15, 0.2) is 42.5 Å². The molecule has 1 heterocycles. The summed E-state index contributed by atoms with van der Waals surface area (Å²) >= 11 is 0. The molecule has 2 nitrogen and oxygen atoms in total. The van der Waals surface area contributed by atoms with E-state index in [1.807, 2.05) is 6.07 Å². The summed E-state index contributed by atoms with van der Waals surface area (Å²) in [5, 5.41) is 3.55. The van der Waals surface area contributed by atoms with Gasteiger partial charge in [-0.1, -0.05) is 36.4 Å². The van der Waals surface area contributed by atoms with Crippen LogP contribution in [-0.4, -0.2) is 13.7 Å². The van der Waals surface area contributed by atoms with E-state index in [0.29, 0.717) is 5.92 Å². The Morgan fingerprint density at radius 3 is 2.63 bits per heavy atom. The first-order valence-electron chi connectivity index (χ1n) is 6.75. The van der Waals surface area contributed by atoms with E-state index in [0.717, 1.165) is 18.7 Å². The highest BCUT2D eigenvalue weighted by molar-refractivity contribution is 5.66. The maximum atomic E-state index is 5.45. The van der Waals surface area contributed by atoms with Crippen molar-refractivity contribution in [2.24, 2.45) is 0 Å². The molecule has 0 radical (unpaired) electrons. The topological polar surface area (TPSA) is 21.3 Å². The Kier molecular flexibility index (Phi) is 3.16. The summed E-state index contributed by atoms with van der Waals surface area (Å²) in [4.78, 5) is 0. The lowest BCUT2D eigenvalue weighted by Gasteiger charge is -2.29. The summed E-state index contributed by atoms with van der Waals surface area (Å²) in [6, 6.07) is 14.9.